The highest BCUT2D eigenvalue weighted by Gasteiger charge is 2.31. The normalized spacial score (nSPS) is 17.8. The molecular weight excluding hydrogens is 219 g/mol. The fourth-order valence-corrected chi connectivity index (χ4v) is 1.52. The smallest absolute Gasteiger partial charge is 0.297 e. The van der Waals surface area contributed by atoms with Crippen LogP contribution in [0, 0.1) is 0 Å². The molecule has 1 aliphatic rings. The summed E-state index contributed by atoms with van der Waals surface area (Å²) in [6.45, 7) is 0.626. The molecule has 0 aromatic heterocycles. The molecule has 0 aromatic rings. The van der Waals surface area contributed by atoms with Crippen LogP contribution in [0.2, 0.25) is 0 Å². The third-order valence-electron chi connectivity index (χ3n) is 2.08. The molecule has 0 heterocycles. The molecule has 0 unspecified atom stereocenters. The van der Waals surface area contributed by atoms with Gasteiger partial charge in [0.05, 0.1) is 6.61 Å². The minimum atomic E-state index is -4.52. The highest BCUT2D eigenvalue weighted by molar-refractivity contribution is 6.18. The Bertz CT molecular complexity index is 172. The van der Waals surface area contributed by atoms with Crippen LogP contribution in [0.15, 0.2) is 0 Å². The van der Waals surface area contributed by atoms with Crippen LogP contribution >= 0.6 is 11.6 Å². The molecule has 1 aliphatic carbocycles. The summed E-state index contributed by atoms with van der Waals surface area (Å²) in [5, 5.41) is 0. The SMILES string of the molecule is FC(F)(F)OCCN(CCCl)C1CC1. The van der Waals surface area contributed by atoms with Crippen LogP contribution in [0.5, 0.6) is 0 Å². The fraction of sp³-hybridized carbons (Fsp3) is 1.00. The van der Waals surface area contributed by atoms with E-state index in [2.05, 4.69) is 4.74 Å². The van der Waals surface area contributed by atoms with Gasteiger partial charge in [0, 0.05) is 25.0 Å². The first kappa shape index (κ1) is 12.1. The summed E-state index contributed by atoms with van der Waals surface area (Å²) in [7, 11) is 0. The second-order valence-electron chi connectivity index (χ2n) is 3.25. The minimum absolute atomic E-state index is 0.302. The van der Waals surface area contributed by atoms with E-state index >= 15 is 0 Å². The molecule has 0 radical (unpaired) electrons. The summed E-state index contributed by atoms with van der Waals surface area (Å²) in [6, 6.07) is 0.422. The van der Waals surface area contributed by atoms with E-state index in [4.69, 9.17) is 11.6 Å². The standard InChI is InChI=1S/C8H13ClF3NO/c9-3-4-13(7-1-2-7)5-6-14-8(10,11)12/h7H,1-6H2. The van der Waals surface area contributed by atoms with Crippen LogP contribution in [0.1, 0.15) is 12.8 Å². The lowest BCUT2D eigenvalue weighted by Crippen LogP contribution is -2.33. The first-order chi connectivity index (χ1) is 6.53. The molecule has 14 heavy (non-hydrogen) atoms. The molecule has 0 aliphatic heterocycles. The molecule has 0 spiro atoms. The molecular formula is C8H13ClF3NO. The lowest BCUT2D eigenvalue weighted by Gasteiger charge is -2.20. The Morgan fingerprint density at radius 1 is 1.29 bits per heavy atom. The van der Waals surface area contributed by atoms with Crippen molar-refractivity contribution in [3.05, 3.63) is 0 Å². The number of hydrogen-bond donors (Lipinski definition) is 0. The van der Waals surface area contributed by atoms with Crippen molar-refractivity contribution >= 4 is 11.6 Å². The van der Waals surface area contributed by atoms with Crippen LogP contribution in [0.3, 0.4) is 0 Å². The van der Waals surface area contributed by atoms with Crippen LogP contribution in [0.25, 0.3) is 0 Å². The number of rotatable bonds is 6. The zero-order chi connectivity index (χ0) is 10.6. The molecule has 0 bridgehead atoms. The van der Waals surface area contributed by atoms with Gasteiger partial charge in [0.15, 0.2) is 0 Å². The maximum Gasteiger partial charge on any atom is 0.522 e. The van der Waals surface area contributed by atoms with Gasteiger partial charge in [-0.3, -0.25) is 9.64 Å². The van der Waals surface area contributed by atoms with Gasteiger partial charge >= 0.3 is 6.36 Å². The van der Waals surface area contributed by atoms with Gasteiger partial charge in [-0.25, -0.2) is 0 Å². The summed E-state index contributed by atoms with van der Waals surface area (Å²) >= 11 is 5.53. The van der Waals surface area contributed by atoms with Gasteiger partial charge in [0.1, 0.15) is 0 Å². The summed E-state index contributed by atoms with van der Waals surface area (Å²) in [5.74, 6) is 0.447. The highest BCUT2D eigenvalue weighted by Crippen LogP contribution is 2.26. The Morgan fingerprint density at radius 2 is 1.93 bits per heavy atom. The van der Waals surface area contributed by atoms with E-state index in [1.807, 2.05) is 4.90 Å². The number of nitrogens with zero attached hydrogens (tertiary/aromatic N) is 1. The third-order valence-corrected chi connectivity index (χ3v) is 2.25. The first-order valence-corrected chi connectivity index (χ1v) is 5.07. The average Bonchev–Trinajstić information content (AvgIpc) is 2.83. The maximum atomic E-state index is 11.6. The van der Waals surface area contributed by atoms with Crippen molar-refractivity contribution in [2.75, 3.05) is 25.6 Å². The molecule has 0 aromatic carbocycles. The lowest BCUT2D eigenvalue weighted by atomic mass is 10.4. The molecule has 0 amide bonds. The molecule has 1 rings (SSSR count). The monoisotopic (exact) mass is 231 g/mol. The molecule has 1 saturated carbocycles. The molecule has 0 saturated heterocycles. The van der Waals surface area contributed by atoms with E-state index < -0.39 is 6.36 Å². The molecule has 0 N–H and O–H groups in total. The minimum Gasteiger partial charge on any atom is -0.297 e. The number of alkyl halides is 4. The molecule has 6 heteroatoms. The second kappa shape index (κ2) is 5.19. The zero-order valence-electron chi connectivity index (χ0n) is 7.69. The van der Waals surface area contributed by atoms with Gasteiger partial charge in [-0.05, 0) is 12.8 Å². The molecule has 2 nitrogen and oxygen atoms in total. The summed E-state index contributed by atoms with van der Waals surface area (Å²) in [4.78, 5) is 1.94. The van der Waals surface area contributed by atoms with Crippen LogP contribution in [-0.4, -0.2) is 42.9 Å². The van der Waals surface area contributed by atoms with Gasteiger partial charge in [-0.1, -0.05) is 0 Å². The van der Waals surface area contributed by atoms with Crippen LogP contribution in [-0.2, 0) is 4.74 Å². The van der Waals surface area contributed by atoms with E-state index in [-0.39, 0.29) is 6.61 Å². The summed E-state index contributed by atoms with van der Waals surface area (Å²) in [6.07, 6.45) is -2.40. The van der Waals surface area contributed by atoms with E-state index in [9.17, 15) is 13.2 Å². The van der Waals surface area contributed by atoms with Crippen molar-refractivity contribution in [1.82, 2.24) is 4.90 Å². The number of hydrogen-bond acceptors (Lipinski definition) is 2. The van der Waals surface area contributed by atoms with E-state index in [1.54, 1.807) is 0 Å². The van der Waals surface area contributed by atoms with Crippen molar-refractivity contribution in [3.63, 3.8) is 0 Å². The van der Waals surface area contributed by atoms with E-state index in [0.717, 1.165) is 12.8 Å². The second-order valence-corrected chi connectivity index (χ2v) is 3.63. The van der Waals surface area contributed by atoms with Gasteiger partial charge in [-0.15, -0.1) is 24.8 Å². The van der Waals surface area contributed by atoms with Crippen LogP contribution in [0.4, 0.5) is 13.2 Å². The Labute approximate surface area is 86.0 Å². The zero-order valence-corrected chi connectivity index (χ0v) is 8.44. The Morgan fingerprint density at radius 3 is 2.36 bits per heavy atom. The third kappa shape index (κ3) is 5.02. The Kier molecular flexibility index (Phi) is 4.47. The van der Waals surface area contributed by atoms with Crippen LogP contribution < -0.4 is 0 Å². The average molecular weight is 232 g/mol. The first-order valence-electron chi connectivity index (χ1n) is 4.53. The van der Waals surface area contributed by atoms with E-state index in [1.165, 1.54) is 0 Å². The number of halogens is 4. The molecule has 0 atom stereocenters. The Balaban J connectivity index is 2.13. The predicted molar refractivity (Wildman–Crippen MR) is 47.3 cm³/mol. The largest absolute Gasteiger partial charge is 0.522 e. The van der Waals surface area contributed by atoms with Gasteiger partial charge in [0.25, 0.3) is 0 Å². The maximum absolute atomic E-state index is 11.6. The van der Waals surface area contributed by atoms with Crippen molar-refractivity contribution in [3.8, 4) is 0 Å². The quantitative estimate of drug-likeness (QED) is 0.650. The molecule has 84 valence electrons. The molecule has 1 fully saturated rings. The van der Waals surface area contributed by atoms with E-state index in [0.29, 0.717) is 25.0 Å². The van der Waals surface area contributed by atoms with Gasteiger partial charge in [0.2, 0.25) is 0 Å². The fourth-order valence-electron chi connectivity index (χ4n) is 1.30. The van der Waals surface area contributed by atoms with Gasteiger partial charge < -0.3 is 0 Å². The Hall–Kier alpha value is 0. The topological polar surface area (TPSA) is 12.5 Å². The van der Waals surface area contributed by atoms with Crippen molar-refractivity contribution in [2.45, 2.75) is 25.2 Å². The van der Waals surface area contributed by atoms with Crippen molar-refractivity contribution in [1.29, 1.82) is 0 Å². The summed E-state index contributed by atoms with van der Waals surface area (Å²) in [5.41, 5.74) is 0. The lowest BCUT2D eigenvalue weighted by molar-refractivity contribution is -0.325. The van der Waals surface area contributed by atoms with Crippen molar-refractivity contribution in [2.24, 2.45) is 0 Å². The highest BCUT2D eigenvalue weighted by atomic mass is 35.5. The predicted octanol–water partition coefficient (Wildman–Crippen LogP) is 2.23. The van der Waals surface area contributed by atoms with Gasteiger partial charge in [-0.2, -0.15) is 0 Å². The summed E-state index contributed by atoms with van der Waals surface area (Å²) < 4.78 is 38.6. The number of ether oxygens (including phenoxy) is 1. The van der Waals surface area contributed by atoms with Crippen molar-refractivity contribution < 1.29 is 17.9 Å².